The largest absolute Gasteiger partial charge is 0.282 e. The minimum Gasteiger partial charge on any atom is -0.282 e. The fraction of sp³-hybridized carbons (Fsp3) is 0.240. The molecule has 0 N–H and O–H groups in total. The smallest absolute Gasteiger partial charge is 0.230 e. The second-order valence-electron chi connectivity index (χ2n) is 8.17. The van der Waals surface area contributed by atoms with Gasteiger partial charge in [-0.1, -0.05) is 43.4 Å². The van der Waals surface area contributed by atoms with Gasteiger partial charge in [0.15, 0.2) is 15.0 Å². The number of rotatable bonds is 8. The fourth-order valence-corrected chi connectivity index (χ4v) is 5.82. The van der Waals surface area contributed by atoms with E-state index in [1.807, 2.05) is 30.3 Å². The Balaban J connectivity index is 1.63. The highest BCUT2D eigenvalue weighted by Gasteiger charge is 2.24. The summed E-state index contributed by atoms with van der Waals surface area (Å²) >= 11 is 1.39. The molecule has 2 aromatic carbocycles. The van der Waals surface area contributed by atoms with Crippen molar-refractivity contribution in [2.45, 2.75) is 37.6 Å². The van der Waals surface area contributed by atoms with Crippen molar-refractivity contribution in [3.05, 3.63) is 83.9 Å². The molecule has 0 aliphatic heterocycles. The summed E-state index contributed by atoms with van der Waals surface area (Å²) in [4.78, 5) is 23.9. The zero-order valence-corrected chi connectivity index (χ0v) is 20.4. The number of nitrogens with zero attached hydrogens (tertiary/aromatic N) is 3. The monoisotopic (exact) mass is 497 g/mol. The number of pyridine rings is 1. The van der Waals surface area contributed by atoms with E-state index in [9.17, 15) is 17.6 Å². The minimum atomic E-state index is -3.75. The number of anilines is 1. The molecule has 0 radical (unpaired) electrons. The zero-order chi connectivity index (χ0) is 24.3. The predicted octanol–water partition coefficient (Wildman–Crippen LogP) is 5.35. The molecule has 4 rings (SSSR count). The van der Waals surface area contributed by atoms with Gasteiger partial charge < -0.3 is 0 Å². The third kappa shape index (κ3) is 5.31. The molecule has 6 nitrogen and oxygen atoms in total. The first-order valence-corrected chi connectivity index (χ1v) is 13.3. The second-order valence-corrected chi connectivity index (χ2v) is 11.3. The first-order chi connectivity index (χ1) is 16.2. The van der Waals surface area contributed by atoms with E-state index >= 15 is 0 Å². The molecule has 34 heavy (non-hydrogen) atoms. The fourth-order valence-electron chi connectivity index (χ4n) is 3.57. The van der Waals surface area contributed by atoms with Crippen LogP contribution in [0.4, 0.5) is 9.52 Å². The average molecular weight is 498 g/mol. The van der Waals surface area contributed by atoms with Gasteiger partial charge in [0.2, 0.25) is 5.91 Å². The van der Waals surface area contributed by atoms with E-state index in [0.717, 1.165) is 27.9 Å². The highest BCUT2D eigenvalue weighted by Crippen LogP contribution is 2.34. The molecule has 0 aliphatic rings. The molecule has 0 aliphatic carbocycles. The van der Waals surface area contributed by atoms with Crippen molar-refractivity contribution in [2.75, 3.05) is 10.7 Å². The Hall–Kier alpha value is -3.17. The van der Waals surface area contributed by atoms with Gasteiger partial charge in [-0.15, -0.1) is 0 Å². The first kappa shape index (κ1) is 24.0. The zero-order valence-electron chi connectivity index (χ0n) is 18.8. The van der Waals surface area contributed by atoms with Gasteiger partial charge in [0.25, 0.3) is 0 Å². The number of para-hydroxylation sites is 1. The summed E-state index contributed by atoms with van der Waals surface area (Å²) < 4.78 is 39.6. The van der Waals surface area contributed by atoms with Gasteiger partial charge >= 0.3 is 0 Å². The Bertz CT molecular complexity index is 1400. The van der Waals surface area contributed by atoms with Gasteiger partial charge in [-0.3, -0.25) is 14.7 Å². The number of benzene rings is 2. The Kier molecular flexibility index (Phi) is 7.04. The molecule has 9 heteroatoms. The number of hydrogen-bond donors (Lipinski definition) is 0. The molecule has 2 aromatic heterocycles. The highest BCUT2D eigenvalue weighted by atomic mass is 32.2. The first-order valence-electron chi connectivity index (χ1n) is 10.8. The van der Waals surface area contributed by atoms with Gasteiger partial charge in [-0.25, -0.2) is 17.8 Å². The lowest BCUT2D eigenvalue weighted by atomic mass is 10.0. The van der Waals surface area contributed by atoms with Crippen LogP contribution in [0.25, 0.3) is 10.2 Å². The molecule has 0 saturated carbocycles. The topological polar surface area (TPSA) is 80.2 Å². The lowest BCUT2D eigenvalue weighted by Crippen LogP contribution is -2.32. The van der Waals surface area contributed by atoms with E-state index in [4.69, 9.17) is 4.98 Å². The third-order valence-electron chi connectivity index (χ3n) is 5.40. The van der Waals surface area contributed by atoms with Crippen molar-refractivity contribution in [2.24, 2.45) is 0 Å². The maximum absolute atomic E-state index is 13.3. The highest BCUT2D eigenvalue weighted by molar-refractivity contribution is 7.91. The Morgan fingerprint density at radius 3 is 2.50 bits per heavy atom. The van der Waals surface area contributed by atoms with Crippen LogP contribution in [0.15, 0.2) is 71.8 Å². The van der Waals surface area contributed by atoms with Crippen LogP contribution in [-0.4, -0.2) is 30.0 Å². The Labute approximate surface area is 202 Å². The lowest BCUT2D eigenvalue weighted by molar-refractivity contribution is -0.118. The van der Waals surface area contributed by atoms with Gasteiger partial charge in [0.1, 0.15) is 5.82 Å². The average Bonchev–Trinajstić information content (AvgIpc) is 3.26. The number of carbonyl (C=O) groups is 1. The van der Waals surface area contributed by atoms with Crippen LogP contribution in [-0.2, 0) is 21.2 Å². The number of halogens is 1. The van der Waals surface area contributed by atoms with Crippen molar-refractivity contribution >= 4 is 42.4 Å². The molecule has 0 spiro atoms. The normalized spacial score (nSPS) is 11.8. The molecule has 0 saturated heterocycles. The van der Waals surface area contributed by atoms with Crippen molar-refractivity contribution in [3.8, 4) is 0 Å². The number of aromatic nitrogens is 2. The molecule has 1 amide bonds. The molecular weight excluding hydrogens is 473 g/mol. The molecule has 176 valence electrons. The van der Waals surface area contributed by atoms with Gasteiger partial charge in [0.05, 0.1) is 33.1 Å². The number of sulfone groups is 1. The summed E-state index contributed by atoms with van der Waals surface area (Å²) in [7, 11) is -3.75. The van der Waals surface area contributed by atoms with E-state index < -0.39 is 21.4 Å². The molecule has 0 unspecified atom stereocenters. The van der Waals surface area contributed by atoms with E-state index in [1.54, 1.807) is 12.3 Å². The molecule has 0 atom stereocenters. The Morgan fingerprint density at radius 1 is 1.06 bits per heavy atom. The van der Waals surface area contributed by atoms with Crippen LogP contribution < -0.4 is 4.90 Å². The van der Waals surface area contributed by atoms with Crippen molar-refractivity contribution in [1.29, 1.82) is 0 Å². The maximum atomic E-state index is 13.3. The van der Waals surface area contributed by atoms with Crippen LogP contribution in [0.1, 0.15) is 37.4 Å². The number of thiazole rings is 1. The molecule has 4 aromatic rings. The maximum Gasteiger partial charge on any atom is 0.230 e. The van der Waals surface area contributed by atoms with Crippen LogP contribution in [0.2, 0.25) is 0 Å². The van der Waals surface area contributed by atoms with Gasteiger partial charge in [0, 0.05) is 12.6 Å². The molecule has 0 bridgehead atoms. The number of carbonyl (C=O) groups excluding carboxylic acids is 1. The number of amides is 1. The summed E-state index contributed by atoms with van der Waals surface area (Å²) in [6, 6.07) is 16.0. The van der Waals surface area contributed by atoms with Crippen molar-refractivity contribution < 1.29 is 17.6 Å². The van der Waals surface area contributed by atoms with E-state index in [2.05, 4.69) is 18.8 Å². The summed E-state index contributed by atoms with van der Waals surface area (Å²) in [5, 5.41) is 0.498. The van der Waals surface area contributed by atoms with Gasteiger partial charge in [-0.2, -0.15) is 0 Å². The van der Waals surface area contributed by atoms with E-state index in [1.165, 1.54) is 28.4 Å². The SMILES string of the molecule is CC(C)c1cccc2sc(N(Cc3ccccn3)C(=O)CCS(=O)(=O)c3ccc(F)cc3)nc12. The van der Waals surface area contributed by atoms with Crippen molar-refractivity contribution in [3.63, 3.8) is 0 Å². The number of fused-ring (bicyclic) bond motifs is 1. The minimum absolute atomic E-state index is 0.0143. The summed E-state index contributed by atoms with van der Waals surface area (Å²) in [5.74, 6) is -1.02. The molecule has 2 heterocycles. The van der Waals surface area contributed by atoms with Crippen molar-refractivity contribution in [1.82, 2.24) is 9.97 Å². The summed E-state index contributed by atoms with van der Waals surface area (Å²) in [5.41, 5.74) is 2.60. The summed E-state index contributed by atoms with van der Waals surface area (Å²) in [6.07, 6.45) is 1.41. The van der Waals surface area contributed by atoms with Gasteiger partial charge in [-0.05, 0) is 53.9 Å². The number of hydrogen-bond acceptors (Lipinski definition) is 6. The summed E-state index contributed by atoms with van der Waals surface area (Å²) in [6.45, 7) is 4.35. The molecular formula is C25H24FN3O3S2. The third-order valence-corrected chi connectivity index (χ3v) is 8.17. The van der Waals surface area contributed by atoms with Crippen LogP contribution >= 0.6 is 11.3 Å². The van der Waals surface area contributed by atoms with Crippen LogP contribution in [0.5, 0.6) is 0 Å². The van der Waals surface area contributed by atoms with Crippen LogP contribution in [0.3, 0.4) is 0 Å². The van der Waals surface area contributed by atoms with E-state index in [0.29, 0.717) is 10.8 Å². The second kappa shape index (κ2) is 9.99. The standard InChI is InChI=1S/C25H24FN3O3S2/c1-17(2)21-7-5-8-22-24(21)28-25(33-22)29(16-19-6-3-4-14-27-19)23(30)13-15-34(31,32)20-11-9-18(26)10-12-20/h3-12,14,17H,13,15-16H2,1-2H3. The quantitative estimate of drug-likeness (QED) is 0.307. The Morgan fingerprint density at radius 2 is 1.82 bits per heavy atom. The predicted molar refractivity (Wildman–Crippen MR) is 132 cm³/mol. The van der Waals surface area contributed by atoms with Crippen LogP contribution in [0, 0.1) is 5.82 Å². The molecule has 0 fully saturated rings. The lowest BCUT2D eigenvalue weighted by Gasteiger charge is -2.19. The van der Waals surface area contributed by atoms with E-state index in [-0.39, 0.29) is 29.7 Å².